The van der Waals surface area contributed by atoms with E-state index in [0.717, 1.165) is 17.5 Å². The lowest BCUT2D eigenvalue weighted by Crippen LogP contribution is -2.26. The number of pyridine rings is 1. The monoisotopic (exact) mass is 284 g/mol. The minimum atomic E-state index is -0.0366. The van der Waals surface area contributed by atoms with Crippen LogP contribution in [0.1, 0.15) is 22.3 Å². The third-order valence-corrected chi connectivity index (χ3v) is 3.16. The number of nitrogens with two attached hydrogens (primary N) is 1. The first kappa shape index (κ1) is 14.8. The molecule has 4 N–H and O–H groups in total. The average Bonchev–Trinajstić information content (AvgIpc) is 2.49. The number of nitrogens with zero attached hydrogens (tertiary/aromatic N) is 1. The van der Waals surface area contributed by atoms with Crippen molar-refractivity contribution in [3.8, 4) is 0 Å². The van der Waals surface area contributed by atoms with Crippen molar-refractivity contribution >= 4 is 17.4 Å². The topological polar surface area (TPSA) is 80.0 Å². The molecule has 0 fully saturated rings. The molecule has 0 unspecified atom stereocenters. The van der Waals surface area contributed by atoms with Crippen LogP contribution in [0, 0.1) is 6.92 Å². The number of carbonyl (C=O) groups is 1. The average molecular weight is 284 g/mol. The van der Waals surface area contributed by atoms with E-state index in [1.165, 1.54) is 0 Å². The van der Waals surface area contributed by atoms with E-state index in [-0.39, 0.29) is 5.91 Å². The molecule has 2 rings (SSSR count). The van der Waals surface area contributed by atoms with Crippen molar-refractivity contribution in [3.05, 3.63) is 53.7 Å². The summed E-state index contributed by atoms with van der Waals surface area (Å²) in [6.45, 7) is 3.24. The number of benzene rings is 1. The van der Waals surface area contributed by atoms with Crippen molar-refractivity contribution in [2.24, 2.45) is 0 Å². The number of hydrogen-bond donors (Lipinski definition) is 3. The van der Waals surface area contributed by atoms with Gasteiger partial charge in [-0.25, -0.2) is 4.98 Å². The van der Waals surface area contributed by atoms with Crippen molar-refractivity contribution in [1.82, 2.24) is 10.3 Å². The highest BCUT2D eigenvalue weighted by Gasteiger charge is 2.06. The second kappa shape index (κ2) is 7.28. The SMILES string of the molecule is Cc1ccccc1C(=O)NCCCNc1ncccc1N. The van der Waals surface area contributed by atoms with Crippen LogP contribution in [-0.2, 0) is 0 Å². The van der Waals surface area contributed by atoms with Crippen LogP contribution < -0.4 is 16.4 Å². The van der Waals surface area contributed by atoms with Gasteiger partial charge in [0, 0.05) is 24.8 Å². The van der Waals surface area contributed by atoms with Crippen LogP contribution >= 0.6 is 0 Å². The summed E-state index contributed by atoms with van der Waals surface area (Å²) in [6.07, 6.45) is 2.49. The van der Waals surface area contributed by atoms with E-state index in [9.17, 15) is 4.79 Å². The molecule has 21 heavy (non-hydrogen) atoms. The number of amides is 1. The predicted molar refractivity (Wildman–Crippen MR) is 85.3 cm³/mol. The van der Waals surface area contributed by atoms with E-state index in [1.54, 1.807) is 18.3 Å². The zero-order valence-electron chi connectivity index (χ0n) is 12.1. The van der Waals surface area contributed by atoms with Gasteiger partial charge in [-0.2, -0.15) is 0 Å². The Bertz CT molecular complexity index is 613. The van der Waals surface area contributed by atoms with Crippen molar-refractivity contribution in [1.29, 1.82) is 0 Å². The van der Waals surface area contributed by atoms with Gasteiger partial charge in [0.25, 0.3) is 5.91 Å². The fraction of sp³-hybridized carbons (Fsp3) is 0.250. The Morgan fingerprint density at radius 3 is 2.76 bits per heavy atom. The van der Waals surface area contributed by atoms with E-state index < -0.39 is 0 Å². The molecule has 0 saturated carbocycles. The molecule has 0 aliphatic heterocycles. The Kier molecular flexibility index (Phi) is 5.15. The first-order valence-corrected chi connectivity index (χ1v) is 6.96. The largest absolute Gasteiger partial charge is 0.396 e. The first-order chi connectivity index (χ1) is 10.2. The molecule has 2 aromatic rings. The normalized spacial score (nSPS) is 10.1. The summed E-state index contributed by atoms with van der Waals surface area (Å²) in [7, 11) is 0. The van der Waals surface area contributed by atoms with Crippen LogP contribution in [0.4, 0.5) is 11.5 Å². The summed E-state index contributed by atoms with van der Waals surface area (Å²) >= 11 is 0. The maximum Gasteiger partial charge on any atom is 0.251 e. The minimum Gasteiger partial charge on any atom is -0.396 e. The van der Waals surface area contributed by atoms with Crippen LogP contribution in [0.2, 0.25) is 0 Å². The summed E-state index contributed by atoms with van der Waals surface area (Å²) in [6, 6.07) is 11.1. The molecule has 5 nitrogen and oxygen atoms in total. The van der Waals surface area contributed by atoms with Crippen LogP contribution in [0.15, 0.2) is 42.6 Å². The van der Waals surface area contributed by atoms with Crippen LogP contribution in [0.3, 0.4) is 0 Å². The lowest BCUT2D eigenvalue weighted by atomic mass is 10.1. The van der Waals surface area contributed by atoms with Gasteiger partial charge in [-0.3, -0.25) is 4.79 Å². The van der Waals surface area contributed by atoms with Crippen molar-refractivity contribution < 1.29 is 4.79 Å². The summed E-state index contributed by atoms with van der Waals surface area (Å²) in [5.74, 6) is 0.646. The molecule has 1 heterocycles. The summed E-state index contributed by atoms with van der Waals surface area (Å²) in [5, 5.41) is 6.06. The van der Waals surface area contributed by atoms with Crippen LogP contribution in [-0.4, -0.2) is 24.0 Å². The molecule has 0 atom stereocenters. The second-order valence-electron chi connectivity index (χ2n) is 4.79. The van der Waals surface area contributed by atoms with Crippen LogP contribution in [0.25, 0.3) is 0 Å². The lowest BCUT2D eigenvalue weighted by molar-refractivity contribution is 0.0953. The van der Waals surface area contributed by atoms with Gasteiger partial charge in [-0.15, -0.1) is 0 Å². The number of aromatic nitrogens is 1. The second-order valence-corrected chi connectivity index (χ2v) is 4.79. The molecule has 0 saturated heterocycles. The summed E-state index contributed by atoms with van der Waals surface area (Å²) in [5.41, 5.74) is 8.11. The molecule has 5 heteroatoms. The Labute approximate surface area is 124 Å². The number of nitrogen functional groups attached to an aromatic ring is 1. The number of anilines is 2. The number of carbonyl (C=O) groups excluding carboxylic acids is 1. The maximum atomic E-state index is 12.0. The molecule has 1 aromatic heterocycles. The number of rotatable bonds is 6. The maximum absolute atomic E-state index is 12.0. The van der Waals surface area contributed by atoms with Crippen LogP contribution in [0.5, 0.6) is 0 Å². The van der Waals surface area contributed by atoms with Gasteiger partial charge >= 0.3 is 0 Å². The number of nitrogens with one attached hydrogen (secondary N) is 2. The van der Waals surface area contributed by atoms with Crippen molar-refractivity contribution in [2.75, 3.05) is 24.1 Å². The highest BCUT2D eigenvalue weighted by atomic mass is 16.1. The van der Waals surface area contributed by atoms with E-state index in [1.807, 2.05) is 31.2 Å². The minimum absolute atomic E-state index is 0.0366. The molecule has 0 spiro atoms. The standard InChI is InChI=1S/C16H20N4O/c1-12-6-2-3-7-13(12)16(21)20-11-5-10-19-15-14(17)8-4-9-18-15/h2-4,6-9H,5,10-11,17H2,1H3,(H,18,19)(H,20,21). The van der Waals surface area contributed by atoms with Gasteiger partial charge in [0.2, 0.25) is 0 Å². The van der Waals surface area contributed by atoms with E-state index in [2.05, 4.69) is 15.6 Å². The first-order valence-electron chi connectivity index (χ1n) is 6.96. The third kappa shape index (κ3) is 4.21. The molecule has 0 radical (unpaired) electrons. The number of hydrogen-bond acceptors (Lipinski definition) is 4. The Morgan fingerprint density at radius 1 is 1.19 bits per heavy atom. The highest BCUT2D eigenvalue weighted by Crippen LogP contribution is 2.12. The van der Waals surface area contributed by atoms with Crippen molar-refractivity contribution in [2.45, 2.75) is 13.3 Å². The predicted octanol–water partition coefficient (Wildman–Crippen LogP) is 2.20. The van der Waals surface area contributed by atoms with E-state index in [0.29, 0.717) is 24.6 Å². The Morgan fingerprint density at radius 2 is 2.00 bits per heavy atom. The fourth-order valence-corrected chi connectivity index (χ4v) is 1.99. The lowest BCUT2D eigenvalue weighted by Gasteiger charge is -2.09. The van der Waals surface area contributed by atoms with Gasteiger partial charge in [0.1, 0.15) is 5.82 Å². The molecule has 110 valence electrons. The quantitative estimate of drug-likeness (QED) is 0.710. The number of aryl methyl sites for hydroxylation is 1. The molecular weight excluding hydrogens is 264 g/mol. The van der Waals surface area contributed by atoms with Gasteiger partial charge in [-0.05, 0) is 37.1 Å². The third-order valence-electron chi connectivity index (χ3n) is 3.16. The van der Waals surface area contributed by atoms with E-state index >= 15 is 0 Å². The van der Waals surface area contributed by atoms with Gasteiger partial charge < -0.3 is 16.4 Å². The van der Waals surface area contributed by atoms with Gasteiger partial charge in [0.05, 0.1) is 5.69 Å². The molecular formula is C16H20N4O. The molecule has 0 aliphatic carbocycles. The highest BCUT2D eigenvalue weighted by molar-refractivity contribution is 5.95. The van der Waals surface area contributed by atoms with E-state index in [4.69, 9.17) is 5.73 Å². The summed E-state index contributed by atoms with van der Waals surface area (Å²) in [4.78, 5) is 16.1. The van der Waals surface area contributed by atoms with Crippen molar-refractivity contribution in [3.63, 3.8) is 0 Å². The molecule has 1 amide bonds. The Balaban J connectivity index is 1.72. The summed E-state index contributed by atoms with van der Waals surface area (Å²) < 4.78 is 0. The fourth-order valence-electron chi connectivity index (χ4n) is 1.99. The zero-order valence-corrected chi connectivity index (χ0v) is 12.1. The molecule has 0 aliphatic rings. The smallest absolute Gasteiger partial charge is 0.251 e. The zero-order chi connectivity index (χ0) is 15.1. The van der Waals surface area contributed by atoms with Gasteiger partial charge in [0.15, 0.2) is 0 Å². The Hall–Kier alpha value is -2.56. The molecule has 0 bridgehead atoms. The molecule has 1 aromatic carbocycles. The van der Waals surface area contributed by atoms with Gasteiger partial charge in [-0.1, -0.05) is 18.2 Å².